The van der Waals surface area contributed by atoms with Gasteiger partial charge in [-0.05, 0) is 65.6 Å². The minimum Gasteiger partial charge on any atom is -0.496 e. The molecule has 0 spiro atoms. The lowest BCUT2D eigenvalue weighted by Crippen LogP contribution is -2.11. The molecular formula is C31H34N2O4. The van der Waals surface area contributed by atoms with Gasteiger partial charge in [-0.15, -0.1) is 0 Å². The maximum absolute atomic E-state index is 5.72. The van der Waals surface area contributed by atoms with E-state index in [0.717, 1.165) is 39.7 Å². The first kappa shape index (κ1) is 25.9. The molecular weight excluding hydrogens is 464 g/mol. The Morgan fingerprint density at radius 3 is 1.68 bits per heavy atom. The van der Waals surface area contributed by atoms with E-state index in [-0.39, 0.29) is 5.41 Å². The van der Waals surface area contributed by atoms with Gasteiger partial charge in [0.1, 0.15) is 23.0 Å². The van der Waals surface area contributed by atoms with E-state index in [1.165, 1.54) is 5.56 Å². The summed E-state index contributed by atoms with van der Waals surface area (Å²) in [4.78, 5) is 0. The fourth-order valence-electron chi connectivity index (χ4n) is 4.27. The molecule has 37 heavy (non-hydrogen) atoms. The zero-order chi connectivity index (χ0) is 26.6. The van der Waals surface area contributed by atoms with Gasteiger partial charge in [0.25, 0.3) is 0 Å². The monoisotopic (exact) mass is 498 g/mol. The number of ether oxygens (including phenoxy) is 4. The van der Waals surface area contributed by atoms with Crippen LogP contribution in [0.3, 0.4) is 0 Å². The van der Waals surface area contributed by atoms with E-state index in [4.69, 9.17) is 24.0 Å². The average molecular weight is 499 g/mol. The summed E-state index contributed by atoms with van der Waals surface area (Å²) in [5.74, 6) is 2.85. The zero-order valence-electron chi connectivity index (χ0n) is 22.5. The molecule has 0 unspecified atom stereocenters. The van der Waals surface area contributed by atoms with Crippen molar-refractivity contribution in [2.24, 2.45) is 0 Å². The largest absolute Gasteiger partial charge is 0.496 e. The number of hydrogen-bond donors (Lipinski definition) is 0. The van der Waals surface area contributed by atoms with Crippen molar-refractivity contribution in [3.05, 3.63) is 83.6 Å². The lowest BCUT2D eigenvalue weighted by atomic mass is 9.87. The number of rotatable bonds is 8. The second kappa shape index (κ2) is 10.8. The summed E-state index contributed by atoms with van der Waals surface area (Å²) in [7, 11) is 6.61. The van der Waals surface area contributed by atoms with Crippen LogP contribution in [-0.4, -0.2) is 38.2 Å². The predicted octanol–water partition coefficient (Wildman–Crippen LogP) is 7.04. The third-order valence-corrected chi connectivity index (χ3v) is 6.28. The van der Waals surface area contributed by atoms with Crippen LogP contribution in [0.4, 0.5) is 0 Å². The van der Waals surface area contributed by atoms with E-state index in [2.05, 4.69) is 45.0 Å². The first-order chi connectivity index (χ1) is 17.8. The molecule has 1 heterocycles. The second-order valence-electron chi connectivity index (χ2n) is 9.61. The van der Waals surface area contributed by atoms with E-state index in [9.17, 15) is 0 Å². The molecule has 0 N–H and O–H groups in total. The van der Waals surface area contributed by atoms with Gasteiger partial charge in [0.2, 0.25) is 0 Å². The van der Waals surface area contributed by atoms with Crippen molar-refractivity contribution in [3.63, 3.8) is 0 Å². The summed E-state index contributed by atoms with van der Waals surface area (Å²) in [6.45, 7) is 6.61. The Bertz CT molecular complexity index is 1350. The van der Waals surface area contributed by atoms with Gasteiger partial charge < -0.3 is 18.9 Å². The predicted molar refractivity (Wildman–Crippen MR) is 149 cm³/mol. The Balaban J connectivity index is 1.89. The molecule has 4 aromatic rings. The highest BCUT2D eigenvalue weighted by Crippen LogP contribution is 2.40. The minimum atomic E-state index is 0.0546. The van der Waals surface area contributed by atoms with Crippen molar-refractivity contribution < 1.29 is 18.9 Å². The minimum absolute atomic E-state index is 0.0546. The molecule has 0 aliphatic rings. The lowest BCUT2D eigenvalue weighted by Gasteiger charge is -2.19. The molecule has 4 rings (SSSR count). The van der Waals surface area contributed by atoms with Gasteiger partial charge in [0, 0.05) is 0 Å². The van der Waals surface area contributed by atoms with E-state index >= 15 is 0 Å². The summed E-state index contributed by atoms with van der Waals surface area (Å²) in [5.41, 5.74) is 5.52. The number of aromatic nitrogens is 2. The van der Waals surface area contributed by atoms with Crippen LogP contribution in [-0.2, 0) is 5.41 Å². The fourth-order valence-corrected chi connectivity index (χ4v) is 4.27. The zero-order valence-corrected chi connectivity index (χ0v) is 22.5. The maximum Gasteiger partial charge on any atom is 0.132 e. The van der Waals surface area contributed by atoms with Gasteiger partial charge in [0.15, 0.2) is 0 Å². The van der Waals surface area contributed by atoms with Crippen LogP contribution < -0.4 is 18.9 Å². The average Bonchev–Trinajstić information content (AvgIpc) is 3.34. The highest BCUT2D eigenvalue weighted by atomic mass is 16.5. The fraction of sp³-hybridized carbons (Fsp3) is 0.258. The molecule has 0 fully saturated rings. The first-order valence-corrected chi connectivity index (χ1v) is 12.1. The molecule has 0 aliphatic heterocycles. The van der Waals surface area contributed by atoms with Crippen LogP contribution in [0.1, 0.15) is 37.6 Å². The van der Waals surface area contributed by atoms with E-state index in [1.54, 1.807) is 28.4 Å². The van der Waals surface area contributed by atoms with Crippen LogP contribution in [0.25, 0.3) is 29.1 Å². The number of benzene rings is 3. The quantitative estimate of drug-likeness (QED) is 0.261. The Labute approximate surface area is 219 Å². The summed E-state index contributed by atoms with van der Waals surface area (Å²) in [5, 5.41) is 4.96. The number of nitrogens with zero attached hydrogens (tertiary/aromatic N) is 2. The normalized spacial score (nSPS) is 11.5. The summed E-state index contributed by atoms with van der Waals surface area (Å²) >= 11 is 0. The van der Waals surface area contributed by atoms with Gasteiger partial charge >= 0.3 is 0 Å². The van der Waals surface area contributed by atoms with E-state index in [1.807, 2.05) is 59.3 Å². The lowest BCUT2D eigenvalue weighted by molar-refractivity contribution is 0.392. The van der Waals surface area contributed by atoms with Crippen LogP contribution >= 0.6 is 0 Å². The summed E-state index contributed by atoms with van der Waals surface area (Å²) < 4.78 is 24.5. The Morgan fingerprint density at radius 2 is 1.19 bits per heavy atom. The molecule has 6 nitrogen and oxygen atoms in total. The third-order valence-electron chi connectivity index (χ3n) is 6.28. The topological polar surface area (TPSA) is 54.7 Å². The van der Waals surface area contributed by atoms with Crippen LogP contribution in [0.5, 0.6) is 23.0 Å². The van der Waals surface area contributed by atoms with Crippen LogP contribution in [0, 0.1) is 0 Å². The molecule has 6 heteroatoms. The highest BCUT2D eigenvalue weighted by Gasteiger charge is 2.20. The van der Waals surface area contributed by atoms with Crippen molar-refractivity contribution in [3.8, 4) is 39.9 Å². The third kappa shape index (κ3) is 5.33. The van der Waals surface area contributed by atoms with Crippen molar-refractivity contribution in [2.45, 2.75) is 26.2 Å². The number of methoxy groups -OCH3 is 4. The first-order valence-electron chi connectivity index (χ1n) is 12.1. The van der Waals surface area contributed by atoms with Crippen LogP contribution in [0.2, 0.25) is 0 Å². The molecule has 3 aromatic carbocycles. The van der Waals surface area contributed by atoms with E-state index in [0.29, 0.717) is 11.5 Å². The smallest absolute Gasteiger partial charge is 0.132 e. The molecule has 1 aromatic heterocycles. The van der Waals surface area contributed by atoms with Gasteiger partial charge in [-0.1, -0.05) is 45.0 Å². The molecule has 0 amide bonds. The molecule has 0 radical (unpaired) electrons. The van der Waals surface area contributed by atoms with E-state index < -0.39 is 0 Å². The Kier molecular flexibility index (Phi) is 7.58. The van der Waals surface area contributed by atoms with Crippen molar-refractivity contribution in [2.75, 3.05) is 28.4 Å². The van der Waals surface area contributed by atoms with Gasteiger partial charge in [0.05, 0.1) is 56.6 Å². The van der Waals surface area contributed by atoms with Crippen LogP contribution in [0.15, 0.2) is 66.7 Å². The SMILES string of the molecule is COc1cccc(OC)c1C=Cc1cc(-c2c(OC)cccc2OC)n(-c2ccc(C(C)(C)C)cc2)n1. The molecule has 192 valence electrons. The molecule has 0 bridgehead atoms. The summed E-state index contributed by atoms with van der Waals surface area (Å²) in [6.07, 6.45) is 3.90. The molecule has 0 saturated heterocycles. The van der Waals surface area contributed by atoms with Gasteiger partial charge in [-0.3, -0.25) is 0 Å². The second-order valence-corrected chi connectivity index (χ2v) is 9.61. The number of hydrogen-bond acceptors (Lipinski definition) is 5. The summed E-state index contributed by atoms with van der Waals surface area (Å²) in [6, 6.07) is 22.0. The Morgan fingerprint density at radius 1 is 0.676 bits per heavy atom. The maximum atomic E-state index is 5.72. The Hall–Kier alpha value is -4.19. The standard InChI is InChI=1S/C31H34N2O4/c1-31(2,3)21-14-17-23(18-15-21)33-25(30-28(36-6)12-9-13-29(30)37-7)20-22(32-33)16-19-24-26(34-4)10-8-11-27(24)35-5/h8-20H,1-7H3. The van der Waals surface area contributed by atoms with Gasteiger partial charge in [-0.25, -0.2) is 4.68 Å². The van der Waals surface area contributed by atoms with Crippen molar-refractivity contribution >= 4 is 12.2 Å². The molecule has 0 atom stereocenters. The molecule has 0 saturated carbocycles. The highest BCUT2D eigenvalue weighted by molar-refractivity contribution is 5.80. The van der Waals surface area contributed by atoms with Crippen molar-refractivity contribution in [1.82, 2.24) is 9.78 Å². The van der Waals surface area contributed by atoms with Gasteiger partial charge in [-0.2, -0.15) is 5.10 Å². The van der Waals surface area contributed by atoms with Crippen molar-refractivity contribution in [1.29, 1.82) is 0 Å². The molecule has 0 aliphatic carbocycles.